The Kier molecular flexibility index (Phi) is 8.20. The number of hydrogen-bond acceptors (Lipinski definition) is 1. The van der Waals surface area contributed by atoms with E-state index in [0.29, 0.717) is 15.0 Å². The molecule has 9 rings (SSSR count). The predicted molar refractivity (Wildman–Crippen MR) is 216 cm³/mol. The van der Waals surface area contributed by atoms with E-state index in [0.717, 1.165) is 46.4 Å². The highest BCUT2D eigenvalue weighted by atomic mass is 31.1. The van der Waals surface area contributed by atoms with Crippen molar-refractivity contribution in [3.63, 3.8) is 0 Å². The number of fused-ring (bicyclic) bond motifs is 7. The number of hydrogen-bond donors (Lipinski definition) is 1. The number of aromatic nitrogens is 2. The molecule has 1 aliphatic carbocycles. The van der Waals surface area contributed by atoms with Crippen molar-refractivity contribution in [1.82, 2.24) is 9.13 Å². The number of halogens is 1. The van der Waals surface area contributed by atoms with Crippen molar-refractivity contribution in [3.05, 3.63) is 186 Å². The molecule has 8 aromatic rings. The lowest BCUT2D eigenvalue weighted by molar-refractivity contribution is 0.627. The van der Waals surface area contributed by atoms with Gasteiger partial charge < -0.3 is 14.9 Å². The molecule has 0 bridgehead atoms. The Morgan fingerprint density at radius 1 is 0.667 bits per heavy atom. The SMILES string of the molecule is NC(C/C(=C\PC1=CCCC=C1)c1cccc(F)c1)c1ccc(-n2c3ccccc3c3ccc4c5ccccc5n(-c5ccccc5)c4c32)cc1. The van der Waals surface area contributed by atoms with Crippen LogP contribution < -0.4 is 5.73 Å². The molecule has 248 valence electrons. The lowest BCUT2D eigenvalue weighted by Crippen LogP contribution is -2.11. The topological polar surface area (TPSA) is 35.9 Å². The Bertz CT molecular complexity index is 2660. The van der Waals surface area contributed by atoms with Gasteiger partial charge in [-0.05, 0) is 89.8 Å². The van der Waals surface area contributed by atoms with Crippen LogP contribution in [0.4, 0.5) is 4.39 Å². The Morgan fingerprint density at radius 2 is 1.29 bits per heavy atom. The molecule has 5 heteroatoms. The second kappa shape index (κ2) is 13.3. The summed E-state index contributed by atoms with van der Waals surface area (Å²) in [6.45, 7) is 0. The fourth-order valence-electron chi connectivity index (χ4n) is 7.68. The maximum Gasteiger partial charge on any atom is 0.123 e. The van der Waals surface area contributed by atoms with E-state index in [4.69, 9.17) is 5.73 Å². The second-order valence-electron chi connectivity index (χ2n) is 13.3. The molecular weight excluding hydrogens is 644 g/mol. The average molecular weight is 682 g/mol. The molecule has 3 nitrogen and oxygen atoms in total. The van der Waals surface area contributed by atoms with Gasteiger partial charge in [0.2, 0.25) is 0 Å². The van der Waals surface area contributed by atoms with E-state index in [2.05, 4.69) is 148 Å². The molecule has 2 atom stereocenters. The molecule has 2 N–H and O–H groups in total. The number of nitrogens with two attached hydrogens (primary N) is 1. The molecule has 2 heterocycles. The largest absolute Gasteiger partial charge is 0.324 e. The quantitative estimate of drug-likeness (QED) is 0.159. The molecule has 0 saturated carbocycles. The zero-order valence-electron chi connectivity index (χ0n) is 28.1. The molecule has 0 amide bonds. The molecule has 0 saturated heterocycles. The molecule has 51 heavy (non-hydrogen) atoms. The van der Waals surface area contributed by atoms with E-state index >= 15 is 0 Å². The van der Waals surface area contributed by atoms with Gasteiger partial charge in [-0.2, -0.15) is 0 Å². The normalized spacial score (nSPS) is 14.4. The molecule has 0 aliphatic heterocycles. The van der Waals surface area contributed by atoms with Gasteiger partial charge in [-0.1, -0.05) is 124 Å². The summed E-state index contributed by atoms with van der Waals surface area (Å²) in [6, 6.07) is 47.9. The van der Waals surface area contributed by atoms with Gasteiger partial charge >= 0.3 is 0 Å². The lowest BCUT2D eigenvalue weighted by atomic mass is 9.96. The van der Waals surface area contributed by atoms with Gasteiger partial charge in [0.1, 0.15) is 5.82 Å². The standard InChI is InChI=1S/C46H37FN3P/c47-34-13-11-12-32(28-34)33(30-51-37-16-5-2-6-17-37)29-42(48)31-22-24-36(25-23-31)50-44-21-10-8-19-39(44)41-27-26-40-38-18-7-9-20-43(38)49(45(40)46(41)50)35-14-3-1-4-15-35/h1,3-5,7-28,30,42,51H,2,6,29,48H2/b33-30+. The third kappa shape index (κ3) is 5.71. The summed E-state index contributed by atoms with van der Waals surface area (Å²) in [5.41, 5.74) is 16.9. The van der Waals surface area contributed by atoms with E-state index in [1.54, 1.807) is 12.1 Å². The third-order valence-electron chi connectivity index (χ3n) is 10.1. The van der Waals surface area contributed by atoms with Gasteiger partial charge in [-0.3, -0.25) is 0 Å². The summed E-state index contributed by atoms with van der Waals surface area (Å²) in [6.07, 6.45) is 9.51. The van der Waals surface area contributed by atoms with Crippen LogP contribution >= 0.6 is 8.58 Å². The van der Waals surface area contributed by atoms with Crippen molar-refractivity contribution in [3.8, 4) is 11.4 Å². The van der Waals surface area contributed by atoms with E-state index in [1.165, 1.54) is 49.5 Å². The number of para-hydroxylation sites is 3. The summed E-state index contributed by atoms with van der Waals surface area (Å²) in [4.78, 5) is 0. The summed E-state index contributed by atoms with van der Waals surface area (Å²) < 4.78 is 19.2. The Hall–Kier alpha value is -5.54. The van der Waals surface area contributed by atoms with Gasteiger partial charge in [0, 0.05) is 39.0 Å². The van der Waals surface area contributed by atoms with Gasteiger partial charge in [-0.25, -0.2) is 4.39 Å². The third-order valence-corrected chi connectivity index (χ3v) is 11.3. The van der Waals surface area contributed by atoms with Gasteiger partial charge in [0.25, 0.3) is 0 Å². The van der Waals surface area contributed by atoms with E-state index in [9.17, 15) is 4.39 Å². The van der Waals surface area contributed by atoms with Crippen LogP contribution in [-0.4, -0.2) is 9.13 Å². The summed E-state index contributed by atoms with van der Waals surface area (Å²) in [5.74, 6) is 2.02. The highest BCUT2D eigenvalue weighted by Crippen LogP contribution is 2.42. The van der Waals surface area contributed by atoms with Crippen LogP contribution in [0.1, 0.15) is 36.4 Å². The van der Waals surface area contributed by atoms with Crippen LogP contribution in [0.2, 0.25) is 0 Å². The summed E-state index contributed by atoms with van der Waals surface area (Å²) >= 11 is 0. The van der Waals surface area contributed by atoms with Crippen molar-refractivity contribution in [2.24, 2.45) is 5.73 Å². The monoisotopic (exact) mass is 681 g/mol. The molecule has 1 aliphatic rings. The highest BCUT2D eigenvalue weighted by molar-refractivity contribution is 7.47. The van der Waals surface area contributed by atoms with Crippen LogP contribution in [-0.2, 0) is 0 Å². The van der Waals surface area contributed by atoms with E-state index in [1.807, 2.05) is 6.07 Å². The van der Waals surface area contributed by atoms with Crippen molar-refractivity contribution >= 4 is 57.8 Å². The molecular formula is C46H37FN3P. The maximum atomic E-state index is 14.4. The Morgan fingerprint density at radius 3 is 1.92 bits per heavy atom. The smallest absolute Gasteiger partial charge is 0.123 e. The van der Waals surface area contributed by atoms with Gasteiger partial charge in [0.15, 0.2) is 0 Å². The Balaban J connectivity index is 1.16. The maximum absolute atomic E-state index is 14.4. The number of benzene rings is 6. The molecule has 0 radical (unpaired) electrons. The lowest BCUT2D eigenvalue weighted by Gasteiger charge is -2.17. The minimum atomic E-state index is -0.250. The van der Waals surface area contributed by atoms with Gasteiger partial charge in [0.05, 0.1) is 22.1 Å². The first-order valence-corrected chi connectivity index (χ1v) is 18.7. The van der Waals surface area contributed by atoms with E-state index < -0.39 is 0 Å². The predicted octanol–water partition coefficient (Wildman–Crippen LogP) is 12.4. The fourth-order valence-corrected chi connectivity index (χ4v) is 8.78. The molecule has 2 aromatic heterocycles. The highest BCUT2D eigenvalue weighted by Gasteiger charge is 2.21. The molecule has 6 aromatic carbocycles. The molecule has 2 unspecified atom stereocenters. The fraction of sp³-hybridized carbons (Fsp3) is 0.0870. The van der Waals surface area contributed by atoms with Crippen molar-refractivity contribution in [2.75, 3.05) is 0 Å². The van der Waals surface area contributed by atoms with Crippen molar-refractivity contribution in [2.45, 2.75) is 25.3 Å². The minimum Gasteiger partial charge on any atom is -0.324 e. The zero-order valence-corrected chi connectivity index (χ0v) is 29.1. The summed E-state index contributed by atoms with van der Waals surface area (Å²) in [5, 5.41) is 6.21. The molecule has 0 fully saturated rings. The van der Waals surface area contributed by atoms with Crippen LogP contribution in [0.15, 0.2) is 169 Å². The first-order valence-electron chi connectivity index (χ1n) is 17.6. The van der Waals surface area contributed by atoms with Crippen LogP contribution in [0, 0.1) is 5.82 Å². The first-order chi connectivity index (χ1) is 25.1. The minimum absolute atomic E-state index is 0.233. The first kappa shape index (κ1) is 31.4. The van der Waals surface area contributed by atoms with Crippen molar-refractivity contribution in [1.29, 1.82) is 0 Å². The van der Waals surface area contributed by atoms with Crippen LogP contribution in [0.3, 0.4) is 0 Å². The average Bonchev–Trinajstić information content (AvgIpc) is 3.70. The number of rotatable bonds is 8. The summed E-state index contributed by atoms with van der Waals surface area (Å²) in [7, 11) is 0.510. The van der Waals surface area contributed by atoms with Crippen molar-refractivity contribution < 1.29 is 4.39 Å². The number of nitrogens with zero attached hydrogens (tertiary/aromatic N) is 2. The molecule has 0 spiro atoms. The van der Waals surface area contributed by atoms with Crippen LogP contribution in [0.25, 0.3) is 60.6 Å². The second-order valence-corrected chi connectivity index (χ2v) is 14.4. The van der Waals surface area contributed by atoms with Gasteiger partial charge in [-0.15, -0.1) is 0 Å². The Labute approximate surface area is 298 Å². The number of allylic oxidation sites excluding steroid dienone is 4. The van der Waals surface area contributed by atoms with Crippen LogP contribution in [0.5, 0.6) is 0 Å². The van der Waals surface area contributed by atoms with E-state index in [-0.39, 0.29) is 11.9 Å². The zero-order chi connectivity index (χ0) is 34.3.